The first-order chi connectivity index (χ1) is 7.27. The van der Waals surface area contributed by atoms with Gasteiger partial charge in [-0.25, -0.2) is 0 Å². The first-order valence-electron chi connectivity index (χ1n) is 4.62. The van der Waals surface area contributed by atoms with Gasteiger partial charge in [0.1, 0.15) is 11.6 Å². The third-order valence-corrected chi connectivity index (χ3v) is 1.92. The lowest BCUT2D eigenvalue weighted by Crippen LogP contribution is -2.08. The van der Waals surface area contributed by atoms with Crippen LogP contribution in [0.4, 0.5) is 0 Å². The molecule has 0 aliphatic carbocycles. The molecule has 1 aromatic carbocycles. The van der Waals surface area contributed by atoms with Gasteiger partial charge >= 0.3 is 0 Å². The molecule has 1 rings (SSSR count). The number of hydrogen-bond donors (Lipinski definition) is 1. The van der Waals surface area contributed by atoms with Crippen molar-refractivity contribution in [2.75, 3.05) is 7.05 Å². The predicted octanol–water partition coefficient (Wildman–Crippen LogP) is 1.43. The van der Waals surface area contributed by atoms with E-state index in [-0.39, 0.29) is 17.8 Å². The van der Waals surface area contributed by atoms with E-state index in [1.165, 1.54) is 6.20 Å². The Labute approximate surface area is 89.0 Å². The van der Waals surface area contributed by atoms with E-state index >= 15 is 0 Å². The number of hydrogen-bond acceptors (Lipinski definition) is 3. The highest BCUT2D eigenvalue weighted by molar-refractivity contribution is 6.00. The maximum atomic E-state index is 11.6. The zero-order valence-electron chi connectivity index (χ0n) is 8.53. The number of Topliss-reactive ketones (excluding diaryl/α,β-unsaturated/α-hetero) is 1. The van der Waals surface area contributed by atoms with Crippen LogP contribution in [0.25, 0.3) is 0 Å². The van der Waals surface area contributed by atoms with E-state index in [2.05, 4.69) is 5.32 Å². The summed E-state index contributed by atoms with van der Waals surface area (Å²) in [6.07, 6.45) is 1.69. The van der Waals surface area contributed by atoms with E-state index < -0.39 is 0 Å². The Kier molecular flexibility index (Phi) is 4.11. The second kappa shape index (κ2) is 5.61. The van der Waals surface area contributed by atoms with Crippen LogP contribution in [0.1, 0.15) is 5.56 Å². The Hall–Kier alpha value is -2.08. The number of carbonyl (C=O) groups is 1. The van der Waals surface area contributed by atoms with Crippen molar-refractivity contribution in [3.05, 3.63) is 47.7 Å². The maximum Gasteiger partial charge on any atom is 0.179 e. The number of benzene rings is 1. The molecule has 0 bridgehead atoms. The van der Waals surface area contributed by atoms with E-state index in [9.17, 15) is 4.79 Å². The monoisotopic (exact) mass is 200 g/mol. The lowest BCUT2D eigenvalue weighted by molar-refractivity contribution is -0.114. The Bertz CT molecular complexity index is 401. The summed E-state index contributed by atoms with van der Waals surface area (Å²) in [5.41, 5.74) is 1.07. The molecule has 0 fully saturated rings. The number of rotatable bonds is 4. The standard InChI is InChI=1S/C12H12N2O/c1-14-9-11(8-13)12(15)7-10-5-3-2-4-6-10/h2-6,9,14H,7H2,1H3. The van der Waals surface area contributed by atoms with Crippen LogP contribution < -0.4 is 5.32 Å². The van der Waals surface area contributed by atoms with Gasteiger partial charge < -0.3 is 5.32 Å². The Morgan fingerprint density at radius 3 is 2.67 bits per heavy atom. The van der Waals surface area contributed by atoms with Crippen molar-refractivity contribution in [1.82, 2.24) is 5.32 Å². The van der Waals surface area contributed by atoms with Crippen molar-refractivity contribution < 1.29 is 4.79 Å². The van der Waals surface area contributed by atoms with Crippen LogP contribution in [0.5, 0.6) is 0 Å². The largest absolute Gasteiger partial charge is 0.393 e. The molecule has 0 heterocycles. The third-order valence-electron chi connectivity index (χ3n) is 1.92. The lowest BCUT2D eigenvalue weighted by atomic mass is 10.0. The summed E-state index contributed by atoms with van der Waals surface area (Å²) in [6, 6.07) is 11.2. The van der Waals surface area contributed by atoms with Crippen LogP contribution in [-0.4, -0.2) is 12.8 Å². The number of carbonyl (C=O) groups excluding carboxylic acids is 1. The van der Waals surface area contributed by atoms with Crippen molar-refractivity contribution in [3.8, 4) is 6.07 Å². The highest BCUT2D eigenvalue weighted by atomic mass is 16.1. The third kappa shape index (κ3) is 3.28. The van der Waals surface area contributed by atoms with Crippen molar-refractivity contribution in [2.24, 2.45) is 0 Å². The van der Waals surface area contributed by atoms with E-state index in [1.54, 1.807) is 7.05 Å². The number of allylic oxidation sites excluding steroid dienone is 1. The fourth-order valence-electron chi connectivity index (χ4n) is 1.20. The second-order valence-electron chi connectivity index (χ2n) is 3.04. The van der Waals surface area contributed by atoms with Gasteiger partial charge in [0.25, 0.3) is 0 Å². The highest BCUT2D eigenvalue weighted by Gasteiger charge is 2.08. The molecule has 0 spiro atoms. The molecule has 1 aromatic rings. The summed E-state index contributed by atoms with van der Waals surface area (Å²) < 4.78 is 0. The topological polar surface area (TPSA) is 52.9 Å². The first kappa shape index (κ1) is 11.0. The smallest absolute Gasteiger partial charge is 0.179 e. The van der Waals surface area contributed by atoms with Gasteiger partial charge in [0.05, 0.1) is 0 Å². The van der Waals surface area contributed by atoms with Crippen molar-refractivity contribution in [1.29, 1.82) is 5.26 Å². The van der Waals surface area contributed by atoms with E-state index in [4.69, 9.17) is 5.26 Å². The molecule has 0 aromatic heterocycles. The number of nitriles is 1. The average Bonchev–Trinajstić information content (AvgIpc) is 2.27. The minimum atomic E-state index is -0.168. The van der Waals surface area contributed by atoms with E-state index in [0.29, 0.717) is 0 Å². The zero-order chi connectivity index (χ0) is 11.1. The second-order valence-corrected chi connectivity index (χ2v) is 3.04. The predicted molar refractivity (Wildman–Crippen MR) is 57.9 cm³/mol. The molecule has 0 amide bonds. The summed E-state index contributed by atoms with van der Waals surface area (Å²) in [5, 5.41) is 11.4. The van der Waals surface area contributed by atoms with Crippen LogP contribution in [-0.2, 0) is 11.2 Å². The van der Waals surface area contributed by atoms with Crippen LogP contribution >= 0.6 is 0 Å². The minimum absolute atomic E-state index is 0.154. The van der Waals surface area contributed by atoms with Gasteiger partial charge in [-0.05, 0) is 5.56 Å². The summed E-state index contributed by atoms with van der Waals surface area (Å²) in [6.45, 7) is 0. The molecule has 0 aliphatic heterocycles. The molecule has 0 unspecified atom stereocenters. The fraction of sp³-hybridized carbons (Fsp3) is 0.167. The first-order valence-corrected chi connectivity index (χ1v) is 4.62. The van der Waals surface area contributed by atoms with Crippen molar-refractivity contribution >= 4 is 5.78 Å². The molecule has 0 saturated heterocycles. The lowest BCUT2D eigenvalue weighted by Gasteiger charge is -1.99. The molecule has 0 atom stereocenters. The molecule has 1 N–H and O–H groups in total. The SMILES string of the molecule is CNC=C(C#N)C(=O)Cc1ccccc1. The summed E-state index contributed by atoms with van der Waals surface area (Å²) in [4.78, 5) is 11.6. The summed E-state index contributed by atoms with van der Waals surface area (Å²) in [5.74, 6) is -0.168. The number of nitrogens with zero attached hydrogens (tertiary/aromatic N) is 1. The molecular formula is C12H12N2O. The molecule has 15 heavy (non-hydrogen) atoms. The Morgan fingerprint density at radius 1 is 1.47 bits per heavy atom. The van der Waals surface area contributed by atoms with E-state index in [1.807, 2.05) is 36.4 Å². The van der Waals surface area contributed by atoms with Gasteiger partial charge in [0.15, 0.2) is 5.78 Å². The molecule has 0 aliphatic rings. The molecule has 3 heteroatoms. The molecule has 3 nitrogen and oxygen atoms in total. The zero-order valence-corrected chi connectivity index (χ0v) is 8.53. The minimum Gasteiger partial charge on any atom is -0.393 e. The van der Waals surface area contributed by atoms with Crippen LogP contribution in [0, 0.1) is 11.3 Å². The number of ketones is 1. The normalized spacial score (nSPS) is 10.5. The van der Waals surface area contributed by atoms with Gasteiger partial charge in [-0.2, -0.15) is 5.26 Å². The van der Waals surface area contributed by atoms with Crippen LogP contribution in [0.15, 0.2) is 42.1 Å². The highest BCUT2D eigenvalue weighted by Crippen LogP contribution is 2.04. The van der Waals surface area contributed by atoms with Crippen molar-refractivity contribution in [2.45, 2.75) is 6.42 Å². The van der Waals surface area contributed by atoms with Crippen LogP contribution in [0.2, 0.25) is 0 Å². The fourth-order valence-corrected chi connectivity index (χ4v) is 1.20. The quantitative estimate of drug-likeness (QED) is 0.590. The van der Waals surface area contributed by atoms with Gasteiger partial charge in [-0.1, -0.05) is 30.3 Å². The summed E-state index contributed by atoms with van der Waals surface area (Å²) >= 11 is 0. The van der Waals surface area contributed by atoms with E-state index in [0.717, 1.165) is 5.56 Å². The van der Waals surface area contributed by atoms with Crippen molar-refractivity contribution in [3.63, 3.8) is 0 Å². The number of nitrogens with one attached hydrogen (secondary N) is 1. The van der Waals surface area contributed by atoms with Gasteiger partial charge in [-0.15, -0.1) is 0 Å². The average molecular weight is 200 g/mol. The molecule has 0 radical (unpaired) electrons. The van der Waals surface area contributed by atoms with Gasteiger partial charge in [-0.3, -0.25) is 4.79 Å². The molecule has 76 valence electrons. The molecular weight excluding hydrogens is 188 g/mol. The Morgan fingerprint density at radius 2 is 2.13 bits per heavy atom. The van der Waals surface area contributed by atoms with Gasteiger partial charge in [0.2, 0.25) is 0 Å². The Balaban J connectivity index is 2.72. The van der Waals surface area contributed by atoms with Crippen LogP contribution in [0.3, 0.4) is 0 Å². The molecule has 0 saturated carbocycles. The maximum absolute atomic E-state index is 11.6. The summed E-state index contributed by atoms with van der Waals surface area (Å²) in [7, 11) is 1.66. The van der Waals surface area contributed by atoms with Gasteiger partial charge in [0, 0.05) is 19.7 Å².